The number of nitrogens with one attached hydrogen (secondary N) is 2. The lowest BCUT2D eigenvalue weighted by Crippen LogP contribution is -3.10. The Kier molecular flexibility index (Phi) is 7.47. The van der Waals surface area contributed by atoms with Gasteiger partial charge in [0.15, 0.2) is 16.6 Å². The topological polar surface area (TPSA) is 74.1 Å². The Morgan fingerprint density at radius 2 is 1.79 bits per heavy atom. The van der Waals surface area contributed by atoms with Gasteiger partial charge >= 0.3 is 0 Å². The molecule has 33 heavy (non-hydrogen) atoms. The van der Waals surface area contributed by atoms with Gasteiger partial charge in [0.1, 0.15) is 13.1 Å². The van der Waals surface area contributed by atoms with Gasteiger partial charge in [-0.25, -0.2) is 4.98 Å². The lowest BCUT2D eigenvalue weighted by atomic mass is 10.1. The molecule has 1 atom stereocenters. The Morgan fingerprint density at radius 3 is 2.45 bits per heavy atom. The molecule has 2 N–H and O–H groups in total. The van der Waals surface area contributed by atoms with E-state index >= 15 is 0 Å². The number of methoxy groups -OCH3 is 3. The average Bonchev–Trinajstić information content (AvgIpc) is 3.24. The number of anilines is 1. The van der Waals surface area contributed by atoms with Gasteiger partial charge in [-0.1, -0.05) is 41.7 Å². The van der Waals surface area contributed by atoms with Crippen molar-refractivity contribution in [1.29, 1.82) is 0 Å². The minimum Gasteiger partial charge on any atom is -0.493 e. The number of benzene rings is 2. The van der Waals surface area contributed by atoms with Crippen molar-refractivity contribution in [3.8, 4) is 17.2 Å². The molecule has 1 aliphatic rings. The number of nitrogens with zero attached hydrogens (tertiary/aromatic N) is 1. The van der Waals surface area contributed by atoms with Crippen LogP contribution in [0, 0.1) is 0 Å². The first-order valence-electron chi connectivity index (χ1n) is 11.0. The number of carbonyl (C=O) groups excluding carboxylic acids is 1. The molecule has 0 saturated heterocycles. The van der Waals surface area contributed by atoms with E-state index in [0.29, 0.717) is 35.2 Å². The fourth-order valence-electron chi connectivity index (χ4n) is 4.14. The molecular formula is C25H30N3O4S+. The summed E-state index contributed by atoms with van der Waals surface area (Å²) in [6.07, 6.45) is 1.84. The van der Waals surface area contributed by atoms with E-state index in [1.165, 1.54) is 15.3 Å². The highest BCUT2D eigenvalue weighted by Crippen LogP contribution is 2.38. The number of thiazole rings is 1. The number of quaternary nitrogens is 1. The van der Waals surface area contributed by atoms with Gasteiger partial charge < -0.3 is 24.4 Å². The molecule has 1 unspecified atom stereocenters. The predicted molar refractivity (Wildman–Crippen MR) is 129 cm³/mol. The van der Waals surface area contributed by atoms with Gasteiger partial charge in [-0.2, -0.15) is 0 Å². The maximum absolute atomic E-state index is 12.6. The number of amides is 1. The third-order valence-electron chi connectivity index (χ3n) is 5.81. The molecule has 0 spiro atoms. The zero-order valence-corrected chi connectivity index (χ0v) is 20.1. The SMILES string of the molecule is COc1cc(CCC(=O)Nc2nc3c(s2)C[NH+](Cc2ccccc2)CC3)cc(OC)c1OC. The van der Waals surface area contributed by atoms with Gasteiger partial charge in [0.05, 0.1) is 38.4 Å². The van der Waals surface area contributed by atoms with E-state index in [1.54, 1.807) is 32.7 Å². The number of fused-ring (bicyclic) bond motifs is 1. The monoisotopic (exact) mass is 468 g/mol. The van der Waals surface area contributed by atoms with Gasteiger partial charge in [0, 0.05) is 18.4 Å². The van der Waals surface area contributed by atoms with Gasteiger partial charge in [-0.3, -0.25) is 4.79 Å². The Balaban J connectivity index is 1.34. The predicted octanol–water partition coefficient (Wildman–Crippen LogP) is 2.88. The number of rotatable bonds is 9. The maximum atomic E-state index is 12.6. The van der Waals surface area contributed by atoms with Crippen LogP contribution in [0.3, 0.4) is 0 Å². The van der Waals surface area contributed by atoms with Crippen LogP contribution in [0.25, 0.3) is 0 Å². The second kappa shape index (κ2) is 10.7. The van der Waals surface area contributed by atoms with Crippen LogP contribution in [0.15, 0.2) is 42.5 Å². The smallest absolute Gasteiger partial charge is 0.226 e. The lowest BCUT2D eigenvalue weighted by Gasteiger charge is -2.22. The van der Waals surface area contributed by atoms with Gasteiger partial charge in [-0.05, 0) is 24.1 Å². The third kappa shape index (κ3) is 5.64. The van der Waals surface area contributed by atoms with Gasteiger partial charge in [-0.15, -0.1) is 0 Å². The third-order valence-corrected chi connectivity index (χ3v) is 6.83. The summed E-state index contributed by atoms with van der Waals surface area (Å²) < 4.78 is 16.2. The highest BCUT2D eigenvalue weighted by atomic mass is 32.1. The first-order valence-corrected chi connectivity index (χ1v) is 11.9. The highest BCUT2D eigenvalue weighted by molar-refractivity contribution is 7.15. The number of carbonyl (C=O) groups is 1. The van der Waals surface area contributed by atoms with E-state index < -0.39 is 0 Å². The summed E-state index contributed by atoms with van der Waals surface area (Å²) in [4.78, 5) is 20.1. The minimum atomic E-state index is -0.0525. The Bertz CT molecular complexity index is 1080. The summed E-state index contributed by atoms with van der Waals surface area (Å²) in [7, 11) is 4.74. The zero-order chi connectivity index (χ0) is 23.2. The number of hydrogen-bond donors (Lipinski definition) is 2. The van der Waals surface area contributed by atoms with Gasteiger partial charge in [0.2, 0.25) is 11.7 Å². The fraction of sp³-hybridized carbons (Fsp3) is 0.360. The Labute approximate surface area is 198 Å². The molecule has 0 aliphatic carbocycles. The molecule has 0 bridgehead atoms. The molecule has 2 heterocycles. The molecule has 8 heteroatoms. The van der Waals surface area contributed by atoms with E-state index in [1.807, 2.05) is 18.2 Å². The molecular weight excluding hydrogens is 438 g/mol. The van der Waals surface area contributed by atoms with Crippen LogP contribution in [-0.2, 0) is 30.7 Å². The summed E-state index contributed by atoms with van der Waals surface area (Å²) in [6.45, 7) is 3.01. The molecule has 2 aromatic carbocycles. The average molecular weight is 469 g/mol. The van der Waals surface area contributed by atoms with Crippen LogP contribution in [0.5, 0.6) is 17.2 Å². The van der Waals surface area contributed by atoms with Crippen molar-refractivity contribution in [1.82, 2.24) is 4.98 Å². The molecule has 1 aliphatic heterocycles. The second-order valence-electron chi connectivity index (χ2n) is 8.06. The van der Waals surface area contributed by atoms with E-state index in [2.05, 4.69) is 34.6 Å². The molecule has 174 valence electrons. The summed E-state index contributed by atoms with van der Waals surface area (Å²) in [5, 5.41) is 3.68. The van der Waals surface area contributed by atoms with E-state index in [0.717, 1.165) is 37.3 Å². The number of aromatic nitrogens is 1. The summed E-state index contributed by atoms with van der Waals surface area (Å²) in [6, 6.07) is 14.3. The minimum absolute atomic E-state index is 0.0525. The van der Waals surface area contributed by atoms with Crippen LogP contribution in [0.4, 0.5) is 5.13 Å². The molecule has 1 aromatic heterocycles. The molecule has 7 nitrogen and oxygen atoms in total. The van der Waals surface area contributed by atoms with Crippen LogP contribution in [0.1, 0.15) is 28.1 Å². The molecule has 0 radical (unpaired) electrons. The fourth-order valence-corrected chi connectivity index (χ4v) is 5.23. The van der Waals surface area contributed by atoms with E-state index in [-0.39, 0.29) is 5.91 Å². The maximum Gasteiger partial charge on any atom is 0.226 e. The van der Waals surface area contributed by atoms with Crippen LogP contribution in [-0.4, -0.2) is 38.8 Å². The number of hydrogen-bond acceptors (Lipinski definition) is 6. The van der Waals surface area contributed by atoms with Crippen molar-refractivity contribution in [2.45, 2.75) is 32.4 Å². The summed E-state index contributed by atoms with van der Waals surface area (Å²) in [5.74, 6) is 1.66. The quantitative estimate of drug-likeness (QED) is 0.505. The Hall–Kier alpha value is -3.10. The summed E-state index contributed by atoms with van der Waals surface area (Å²) in [5.41, 5.74) is 3.41. The molecule has 1 amide bonds. The van der Waals surface area contributed by atoms with Gasteiger partial charge in [0.25, 0.3) is 0 Å². The van der Waals surface area contributed by atoms with Crippen molar-refractivity contribution < 1.29 is 23.9 Å². The van der Waals surface area contributed by atoms with Crippen LogP contribution in [0.2, 0.25) is 0 Å². The van der Waals surface area contributed by atoms with E-state index in [9.17, 15) is 4.79 Å². The standard InChI is InChI=1S/C25H29N3O4S/c1-30-20-13-18(14-21(31-2)24(20)32-3)9-10-23(29)27-25-26-19-11-12-28(16-22(19)33-25)15-17-7-5-4-6-8-17/h4-8,13-14H,9-12,15-16H2,1-3H3,(H,26,27,29)/p+1. The zero-order valence-electron chi connectivity index (χ0n) is 19.3. The van der Waals surface area contributed by atoms with Crippen LogP contribution < -0.4 is 24.4 Å². The number of aryl methyl sites for hydroxylation is 1. The molecule has 0 fully saturated rings. The first kappa shape index (κ1) is 23.1. The molecule has 3 aromatic rings. The first-order chi connectivity index (χ1) is 16.1. The van der Waals surface area contributed by atoms with Crippen molar-refractivity contribution in [2.24, 2.45) is 0 Å². The molecule has 0 saturated carbocycles. The highest BCUT2D eigenvalue weighted by Gasteiger charge is 2.24. The van der Waals surface area contributed by atoms with Crippen molar-refractivity contribution in [3.05, 3.63) is 64.2 Å². The van der Waals surface area contributed by atoms with Crippen molar-refractivity contribution in [2.75, 3.05) is 33.2 Å². The summed E-state index contributed by atoms with van der Waals surface area (Å²) >= 11 is 1.60. The molecule has 4 rings (SSSR count). The normalized spacial score (nSPS) is 14.9. The lowest BCUT2D eigenvalue weighted by molar-refractivity contribution is -0.929. The largest absolute Gasteiger partial charge is 0.493 e. The number of ether oxygens (including phenoxy) is 3. The van der Waals surface area contributed by atoms with Crippen molar-refractivity contribution in [3.63, 3.8) is 0 Å². The van der Waals surface area contributed by atoms with E-state index in [4.69, 9.17) is 14.2 Å². The second-order valence-corrected chi connectivity index (χ2v) is 9.14. The van der Waals surface area contributed by atoms with Crippen LogP contribution >= 0.6 is 11.3 Å². The van der Waals surface area contributed by atoms with Crippen molar-refractivity contribution >= 4 is 22.4 Å². The Morgan fingerprint density at radius 1 is 1.06 bits per heavy atom.